The van der Waals surface area contributed by atoms with Crippen LogP contribution in [-0.4, -0.2) is 16.4 Å². The molecule has 0 radical (unpaired) electrons. The fourth-order valence-electron chi connectivity index (χ4n) is 1.74. The zero-order chi connectivity index (χ0) is 13.3. The Labute approximate surface area is 114 Å². The Morgan fingerprint density at radius 1 is 1.44 bits per heavy atom. The number of halogens is 4. The molecule has 2 rings (SSSR count). The number of hydrogen-bond acceptors (Lipinski definition) is 1. The zero-order valence-electron chi connectivity index (χ0n) is 9.26. The van der Waals surface area contributed by atoms with Gasteiger partial charge in [-0.05, 0) is 46.5 Å². The SMILES string of the molecule is O=S(CC(F)F)NC1(c2ccc(F)c(Br)c2)CC1. The average molecular weight is 342 g/mol. The van der Waals surface area contributed by atoms with Crippen molar-refractivity contribution in [3.05, 3.63) is 34.1 Å². The van der Waals surface area contributed by atoms with Gasteiger partial charge < -0.3 is 0 Å². The van der Waals surface area contributed by atoms with E-state index in [1.165, 1.54) is 6.07 Å². The summed E-state index contributed by atoms with van der Waals surface area (Å²) < 4.78 is 51.8. The summed E-state index contributed by atoms with van der Waals surface area (Å²) in [6.07, 6.45) is -1.19. The van der Waals surface area contributed by atoms with E-state index in [9.17, 15) is 17.4 Å². The van der Waals surface area contributed by atoms with Crippen molar-refractivity contribution in [1.29, 1.82) is 0 Å². The monoisotopic (exact) mass is 341 g/mol. The Kier molecular flexibility index (Phi) is 4.13. The molecular formula is C11H11BrF3NOS. The van der Waals surface area contributed by atoms with E-state index in [1.54, 1.807) is 12.1 Å². The van der Waals surface area contributed by atoms with Crippen molar-refractivity contribution in [1.82, 2.24) is 4.72 Å². The minimum atomic E-state index is -2.60. The Morgan fingerprint density at radius 2 is 2.11 bits per heavy atom. The van der Waals surface area contributed by atoms with Gasteiger partial charge in [-0.2, -0.15) is 0 Å². The second-order valence-corrected chi connectivity index (χ2v) is 6.30. The van der Waals surface area contributed by atoms with Gasteiger partial charge in [0.05, 0.1) is 26.8 Å². The third kappa shape index (κ3) is 3.13. The van der Waals surface area contributed by atoms with Crippen molar-refractivity contribution in [2.24, 2.45) is 0 Å². The summed E-state index contributed by atoms with van der Waals surface area (Å²) in [5.74, 6) is -1.08. The molecule has 0 aromatic heterocycles. The molecule has 1 fully saturated rings. The lowest BCUT2D eigenvalue weighted by Gasteiger charge is -2.17. The van der Waals surface area contributed by atoms with Gasteiger partial charge in [-0.3, -0.25) is 0 Å². The third-order valence-corrected chi connectivity index (χ3v) is 4.59. The molecule has 1 aromatic carbocycles. The number of rotatable bonds is 5. The lowest BCUT2D eigenvalue weighted by Crippen LogP contribution is -2.33. The second-order valence-electron chi connectivity index (χ2n) is 4.22. The van der Waals surface area contributed by atoms with Crippen LogP contribution in [0.3, 0.4) is 0 Å². The van der Waals surface area contributed by atoms with Gasteiger partial charge in [0.25, 0.3) is 6.43 Å². The van der Waals surface area contributed by atoms with E-state index in [1.807, 2.05) is 0 Å². The van der Waals surface area contributed by atoms with Crippen LogP contribution in [0.15, 0.2) is 22.7 Å². The van der Waals surface area contributed by atoms with Crippen LogP contribution in [-0.2, 0) is 16.5 Å². The predicted octanol–water partition coefficient (Wildman–Crippen LogP) is 3.10. The first kappa shape index (κ1) is 14.0. The highest BCUT2D eigenvalue weighted by atomic mass is 79.9. The molecule has 1 aliphatic rings. The maximum Gasteiger partial charge on any atom is 0.251 e. The first-order chi connectivity index (χ1) is 8.43. The van der Waals surface area contributed by atoms with E-state index >= 15 is 0 Å². The average Bonchev–Trinajstić information content (AvgIpc) is 3.01. The molecule has 1 N–H and O–H groups in total. The molecule has 2 nitrogen and oxygen atoms in total. The Hall–Kier alpha value is -0.400. The number of benzene rings is 1. The molecular weight excluding hydrogens is 331 g/mol. The normalized spacial score (nSPS) is 18.9. The lowest BCUT2D eigenvalue weighted by molar-refractivity contribution is 0.175. The molecule has 1 aliphatic carbocycles. The topological polar surface area (TPSA) is 29.1 Å². The smallest absolute Gasteiger partial charge is 0.243 e. The van der Waals surface area contributed by atoms with Gasteiger partial charge in [0, 0.05) is 0 Å². The fourth-order valence-corrected chi connectivity index (χ4v) is 3.19. The van der Waals surface area contributed by atoms with Crippen LogP contribution in [0, 0.1) is 5.82 Å². The van der Waals surface area contributed by atoms with Gasteiger partial charge in [0.2, 0.25) is 0 Å². The molecule has 1 aromatic rings. The van der Waals surface area contributed by atoms with E-state index in [0.717, 1.165) is 5.56 Å². The van der Waals surface area contributed by atoms with E-state index < -0.39 is 28.7 Å². The lowest BCUT2D eigenvalue weighted by atomic mass is 10.1. The summed E-state index contributed by atoms with van der Waals surface area (Å²) in [7, 11) is -1.78. The van der Waals surface area contributed by atoms with Gasteiger partial charge >= 0.3 is 0 Å². The van der Waals surface area contributed by atoms with Crippen LogP contribution >= 0.6 is 15.9 Å². The summed E-state index contributed by atoms with van der Waals surface area (Å²) >= 11 is 3.07. The predicted molar refractivity (Wildman–Crippen MR) is 67.2 cm³/mol. The molecule has 1 atom stereocenters. The van der Waals surface area contributed by atoms with Crippen LogP contribution < -0.4 is 4.72 Å². The number of nitrogens with one attached hydrogen (secondary N) is 1. The van der Waals surface area contributed by atoms with Crippen molar-refractivity contribution < 1.29 is 17.4 Å². The minimum absolute atomic E-state index is 0.313. The van der Waals surface area contributed by atoms with Crippen molar-refractivity contribution in [2.75, 3.05) is 5.75 Å². The molecule has 0 bridgehead atoms. The first-order valence-electron chi connectivity index (χ1n) is 5.33. The molecule has 1 unspecified atom stereocenters. The summed E-state index contributed by atoms with van der Waals surface area (Å²) in [6, 6.07) is 4.48. The summed E-state index contributed by atoms with van der Waals surface area (Å²) in [6.45, 7) is 0. The standard InChI is InChI=1S/C11H11BrF3NOS/c12-8-5-7(1-2-9(8)13)11(3-4-11)16-18(17)6-10(14)15/h1-2,5,10,16H,3-4,6H2. The molecule has 18 heavy (non-hydrogen) atoms. The Morgan fingerprint density at radius 3 is 2.61 bits per heavy atom. The first-order valence-corrected chi connectivity index (χ1v) is 7.44. The van der Waals surface area contributed by atoms with Gasteiger partial charge in [-0.1, -0.05) is 6.07 Å². The van der Waals surface area contributed by atoms with Gasteiger partial charge in [0.1, 0.15) is 5.82 Å². The Balaban J connectivity index is 2.11. The van der Waals surface area contributed by atoms with Crippen LogP contribution in [0.1, 0.15) is 18.4 Å². The highest BCUT2D eigenvalue weighted by molar-refractivity contribution is 9.10. The molecule has 0 amide bonds. The van der Waals surface area contributed by atoms with Crippen molar-refractivity contribution in [2.45, 2.75) is 24.8 Å². The van der Waals surface area contributed by atoms with Crippen molar-refractivity contribution in [3.8, 4) is 0 Å². The molecule has 1 saturated carbocycles. The van der Waals surface area contributed by atoms with Gasteiger partial charge in [-0.15, -0.1) is 0 Å². The largest absolute Gasteiger partial charge is 0.251 e. The van der Waals surface area contributed by atoms with Crippen molar-refractivity contribution in [3.63, 3.8) is 0 Å². The minimum Gasteiger partial charge on any atom is -0.243 e. The van der Waals surface area contributed by atoms with Crippen LogP contribution in [0.5, 0.6) is 0 Å². The summed E-state index contributed by atoms with van der Waals surface area (Å²) in [4.78, 5) is 0. The van der Waals surface area contributed by atoms with E-state index in [4.69, 9.17) is 0 Å². The van der Waals surface area contributed by atoms with E-state index in [2.05, 4.69) is 20.7 Å². The van der Waals surface area contributed by atoms with E-state index in [0.29, 0.717) is 17.3 Å². The zero-order valence-corrected chi connectivity index (χ0v) is 11.7. The van der Waals surface area contributed by atoms with Crippen molar-refractivity contribution >= 4 is 26.9 Å². The van der Waals surface area contributed by atoms with Crippen LogP contribution in [0.4, 0.5) is 13.2 Å². The number of alkyl halides is 2. The van der Waals surface area contributed by atoms with E-state index in [-0.39, 0.29) is 5.82 Å². The van der Waals surface area contributed by atoms with Crippen LogP contribution in [0.2, 0.25) is 0 Å². The Bertz CT molecular complexity index is 479. The molecule has 0 heterocycles. The second kappa shape index (κ2) is 5.30. The number of hydrogen-bond donors (Lipinski definition) is 1. The summed E-state index contributed by atoms with van der Waals surface area (Å²) in [5.41, 5.74) is 0.217. The summed E-state index contributed by atoms with van der Waals surface area (Å²) in [5, 5.41) is 0. The molecule has 100 valence electrons. The highest BCUT2D eigenvalue weighted by Gasteiger charge is 2.45. The van der Waals surface area contributed by atoms with Crippen LogP contribution in [0.25, 0.3) is 0 Å². The van der Waals surface area contributed by atoms with Gasteiger partial charge in [0.15, 0.2) is 0 Å². The van der Waals surface area contributed by atoms with Gasteiger partial charge in [-0.25, -0.2) is 22.1 Å². The molecule has 0 saturated heterocycles. The maximum atomic E-state index is 13.1. The molecule has 7 heteroatoms. The maximum absolute atomic E-state index is 13.1. The quantitative estimate of drug-likeness (QED) is 0.875. The third-order valence-electron chi connectivity index (χ3n) is 2.81. The molecule has 0 aliphatic heterocycles. The fraction of sp³-hybridized carbons (Fsp3) is 0.455. The molecule has 0 spiro atoms. The highest BCUT2D eigenvalue weighted by Crippen LogP contribution is 2.46.